The highest BCUT2D eigenvalue weighted by Gasteiger charge is 2.00. The fourth-order valence-electron chi connectivity index (χ4n) is 0.429. The normalized spacial score (nSPS) is 9.78. The fourth-order valence-corrected chi connectivity index (χ4v) is 0.429. The van der Waals surface area contributed by atoms with Crippen LogP contribution in [0.4, 0.5) is 0 Å². The average molecular weight is 131 g/mol. The first-order valence-corrected chi connectivity index (χ1v) is 2.74. The minimum atomic E-state index is -0.250. The van der Waals surface area contributed by atoms with Crippen LogP contribution in [0.2, 0.25) is 0 Å². The first-order chi connectivity index (χ1) is 4.16. The van der Waals surface area contributed by atoms with Gasteiger partial charge in [0.05, 0.1) is 0 Å². The van der Waals surface area contributed by atoms with Gasteiger partial charge in [0.2, 0.25) is 5.91 Å². The average Bonchev–Trinajstić information content (AvgIpc) is 1.63. The van der Waals surface area contributed by atoms with Crippen molar-refractivity contribution in [2.45, 2.75) is 19.9 Å². The van der Waals surface area contributed by atoms with E-state index in [1.165, 1.54) is 0 Å². The lowest BCUT2D eigenvalue weighted by Gasteiger charge is -2.05. The van der Waals surface area contributed by atoms with Crippen LogP contribution in [0.25, 0.3) is 0 Å². The predicted molar refractivity (Wildman–Crippen MR) is 32.3 cm³/mol. The molecule has 0 rings (SSSR count). The van der Waals surface area contributed by atoms with Crippen LogP contribution in [0.1, 0.15) is 13.8 Å². The number of nitrogens with one attached hydrogen (secondary N) is 2. The van der Waals surface area contributed by atoms with Crippen molar-refractivity contribution in [3.8, 4) is 0 Å². The maximum Gasteiger partial charge on any atom is 0.248 e. The van der Waals surface area contributed by atoms with Crippen LogP contribution in [-0.2, 0) is 9.63 Å². The van der Waals surface area contributed by atoms with Gasteiger partial charge < -0.3 is 5.32 Å². The van der Waals surface area contributed by atoms with Gasteiger partial charge in [0.15, 0.2) is 0 Å². The molecule has 1 radical (unpaired) electrons. The quantitative estimate of drug-likeness (QED) is 0.536. The Morgan fingerprint density at radius 3 is 2.67 bits per heavy atom. The van der Waals surface area contributed by atoms with Crippen LogP contribution in [0.15, 0.2) is 0 Å². The van der Waals surface area contributed by atoms with Gasteiger partial charge in [-0.05, 0) is 13.8 Å². The summed E-state index contributed by atoms with van der Waals surface area (Å²) in [6.45, 7) is 3.52. The molecule has 4 heteroatoms. The van der Waals surface area contributed by atoms with Gasteiger partial charge in [0.1, 0.15) is 6.61 Å². The van der Waals surface area contributed by atoms with Gasteiger partial charge in [0, 0.05) is 6.04 Å². The third-order valence-corrected chi connectivity index (χ3v) is 0.653. The molecule has 0 aliphatic rings. The van der Waals surface area contributed by atoms with Gasteiger partial charge in [-0.3, -0.25) is 9.63 Å². The van der Waals surface area contributed by atoms with Crippen LogP contribution in [0.5, 0.6) is 0 Å². The molecule has 0 spiro atoms. The Hall–Kier alpha value is -0.610. The molecule has 2 N–H and O–H groups in total. The summed E-state index contributed by atoms with van der Waals surface area (Å²) in [6, 6.07) is 0.118. The molecule has 0 aliphatic carbocycles. The molecule has 0 aromatic carbocycles. The summed E-state index contributed by atoms with van der Waals surface area (Å²) >= 11 is 0. The minimum Gasteiger partial charge on any atom is -0.352 e. The smallest absolute Gasteiger partial charge is 0.248 e. The number of amides is 1. The van der Waals surface area contributed by atoms with Crippen molar-refractivity contribution in [2.24, 2.45) is 0 Å². The predicted octanol–water partition coefficient (Wildman–Crippen LogP) is -0.275. The number of carbonyl (C=O) groups excluding carboxylic acids is 1. The largest absolute Gasteiger partial charge is 0.352 e. The lowest BCUT2D eigenvalue weighted by molar-refractivity contribution is -0.126. The summed E-state index contributed by atoms with van der Waals surface area (Å²) in [5, 5.41) is 2.56. The minimum absolute atomic E-state index is 0.118. The molecule has 53 valence electrons. The lowest BCUT2D eigenvalue weighted by atomic mass is 10.4. The van der Waals surface area contributed by atoms with Crippen molar-refractivity contribution < 1.29 is 9.63 Å². The van der Waals surface area contributed by atoms with Crippen LogP contribution in [0.3, 0.4) is 0 Å². The van der Waals surface area contributed by atoms with Crippen molar-refractivity contribution in [3.05, 3.63) is 0 Å². The zero-order chi connectivity index (χ0) is 7.28. The highest BCUT2D eigenvalue weighted by Crippen LogP contribution is 1.76. The van der Waals surface area contributed by atoms with E-state index in [4.69, 9.17) is 5.90 Å². The van der Waals surface area contributed by atoms with Crippen molar-refractivity contribution >= 4 is 5.91 Å². The van der Waals surface area contributed by atoms with E-state index in [9.17, 15) is 4.79 Å². The standard InChI is InChI=1S/C5H11N2O2/c1-4(2)7-5(8)3-9-6/h4,6H,3H2,1-2H3,(H,7,8). The Bertz CT molecular complexity index is 93.0. The number of hydrogen-bond donors (Lipinski definition) is 1. The molecule has 4 nitrogen and oxygen atoms in total. The molecule has 0 aromatic heterocycles. The lowest BCUT2D eigenvalue weighted by Crippen LogP contribution is -2.33. The summed E-state index contributed by atoms with van der Waals surface area (Å²) in [4.78, 5) is 14.3. The second-order valence-corrected chi connectivity index (χ2v) is 2.01. The van der Waals surface area contributed by atoms with Gasteiger partial charge >= 0.3 is 0 Å². The molecule has 0 fully saturated rings. The van der Waals surface area contributed by atoms with Crippen molar-refractivity contribution in [1.29, 1.82) is 0 Å². The SMILES string of the molecule is CC(C)NC(=O)CO[NH]. The molecule has 9 heavy (non-hydrogen) atoms. The maximum absolute atomic E-state index is 10.5. The van der Waals surface area contributed by atoms with Crippen molar-refractivity contribution in [1.82, 2.24) is 11.2 Å². The van der Waals surface area contributed by atoms with Crippen LogP contribution >= 0.6 is 0 Å². The van der Waals surface area contributed by atoms with Gasteiger partial charge in [-0.15, -0.1) is 5.90 Å². The highest BCUT2D eigenvalue weighted by molar-refractivity contribution is 5.77. The molecule has 0 aliphatic heterocycles. The summed E-state index contributed by atoms with van der Waals surface area (Å²) in [6.07, 6.45) is 0. The Labute approximate surface area is 54.3 Å². The molecule has 0 atom stereocenters. The van der Waals surface area contributed by atoms with Gasteiger partial charge in [-0.1, -0.05) is 0 Å². The van der Waals surface area contributed by atoms with Gasteiger partial charge in [0.25, 0.3) is 0 Å². The monoisotopic (exact) mass is 131 g/mol. The Morgan fingerprint density at radius 2 is 2.33 bits per heavy atom. The summed E-state index contributed by atoms with van der Waals surface area (Å²) in [5.74, 6) is 5.97. The molecule has 1 amide bonds. The number of carbonyl (C=O) groups is 1. The van der Waals surface area contributed by atoms with Crippen LogP contribution in [-0.4, -0.2) is 18.6 Å². The Balaban J connectivity index is 3.27. The van der Waals surface area contributed by atoms with Crippen LogP contribution < -0.4 is 11.2 Å². The molecule has 0 aromatic rings. The van der Waals surface area contributed by atoms with Gasteiger partial charge in [-0.2, -0.15) is 0 Å². The van der Waals surface area contributed by atoms with E-state index in [1.807, 2.05) is 13.8 Å². The van der Waals surface area contributed by atoms with Crippen molar-refractivity contribution in [2.75, 3.05) is 6.61 Å². The molecular weight excluding hydrogens is 120 g/mol. The second kappa shape index (κ2) is 4.29. The Morgan fingerprint density at radius 1 is 1.78 bits per heavy atom. The van der Waals surface area contributed by atoms with E-state index in [0.717, 1.165) is 0 Å². The summed E-state index contributed by atoms with van der Waals surface area (Å²) in [7, 11) is 0. The molecule has 0 unspecified atom stereocenters. The van der Waals surface area contributed by atoms with Crippen molar-refractivity contribution in [3.63, 3.8) is 0 Å². The summed E-state index contributed by atoms with van der Waals surface area (Å²) < 4.78 is 0. The molecular formula is C5H11N2O2. The number of rotatable bonds is 3. The van der Waals surface area contributed by atoms with E-state index in [-0.39, 0.29) is 18.6 Å². The fraction of sp³-hybridized carbons (Fsp3) is 0.800. The van der Waals surface area contributed by atoms with E-state index in [0.29, 0.717) is 0 Å². The maximum atomic E-state index is 10.5. The third kappa shape index (κ3) is 5.26. The third-order valence-electron chi connectivity index (χ3n) is 0.653. The molecule has 0 heterocycles. The zero-order valence-corrected chi connectivity index (χ0v) is 5.60. The highest BCUT2D eigenvalue weighted by atomic mass is 16.6. The Kier molecular flexibility index (Phi) is 4.00. The van der Waals surface area contributed by atoms with E-state index < -0.39 is 0 Å². The first-order valence-electron chi connectivity index (χ1n) is 2.74. The topological polar surface area (TPSA) is 62.1 Å². The van der Waals surface area contributed by atoms with E-state index in [2.05, 4.69) is 10.2 Å². The molecule has 0 saturated carbocycles. The second-order valence-electron chi connectivity index (χ2n) is 2.01. The number of hydrogen-bond acceptors (Lipinski definition) is 2. The van der Waals surface area contributed by atoms with E-state index in [1.54, 1.807) is 0 Å². The molecule has 0 saturated heterocycles. The van der Waals surface area contributed by atoms with Gasteiger partial charge in [-0.25, -0.2) is 0 Å². The van der Waals surface area contributed by atoms with E-state index >= 15 is 0 Å². The first kappa shape index (κ1) is 8.39. The van der Waals surface area contributed by atoms with Crippen LogP contribution in [0, 0.1) is 0 Å². The molecule has 0 bridgehead atoms. The summed E-state index contributed by atoms with van der Waals surface area (Å²) in [5.41, 5.74) is 0. The zero-order valence-electron chi connectivity index (χ0n) is 5.60.